The van der Waals surface area contributed by atoms with Crippen LogP contribution in [-0.4, -0.2) is 39.4 Å². The third kappa shape index (κ3) is 3.80. The highest BCUT2D eigenvalue weighted by molar-refractivity contribution is 5.81. The van der Waals surface area contributed by atoms with Crippen molar-refractivity contribution in [3.05, 3.63) is 29.8 Å². The molecule has 1 aromatic carbocycles. The van der Waals surface area contributed by atoms with Crippen molar-refractivity contribution in [2.45, 2.75) is 38.0 Å². The van der Waals surface area contributed by atoms with E-state index in [4.69, 9.17) is 9.47 Å². The number of benzene rings is 1. The molecule has 1 fully saturated rings. The molecule has 1 atom stereocenters. The smallest absolute Gasteiger partial charge is 0.313 e. The summed E-state index contributed by atoms with van der Waals surface area (Å²) >= 11 is 0. The zero-order valence-corrected chi connectivity index (χ0v) is 14.9. The number of anilines is 1. The highest BCUT2D eigenvalue weighted by atomic mass is 16.5. The van der Waals surface area contributed by atoms with Crippen molar-refractivity contribution < 1.29 is 14.3 Å². The first kappa shape index (κ1) is 17.8. The van der Waals surface area contributed by atoms with Crippen LogP contribution < -0.4 is 4.90 Å². The van der Waals surface area contributed by atoms with Crippen LogP contribution in [0.5, 0.6) is 0 Å². The van der Waals surface area contributed by atoms with Gasteiger partial charge in [0.15, 0.2) is 0 Å². The van der Waals surface area contributed by atoms with Crippen LogP contribution >= 0.6 is 0 Å². The molecular formula is C20H26N2O3. The fourth-order valence-electron chi connectivity index (χ4n) is 4.04. The predicted molar refractivity (Wildman–Crippen MR) is 95.4 cm³/mol. The maximum absolute atomic E-state index is 12.0. The summed E-state index contributed by atoms with van der Waals surface area (Å²) in [5.74, 6) is -0.323. The number of hydrogen-bond acceptors (Lipinski definition) is 5. The minimum absolute atomic E-state index is 0.155. The van der Waals surface area contributed by atoms with Gasteiger partial charge < -0.3 is 14.4 Å². The van der Waals surface area contributed by atoms with Crippen LogP contribution in [0.2, 0.25) is 0 Å². The summed E-state index contributed by atoms with van der Waals surface area (Å²) < 4.78 is 10.4. The molecule has 3 rings (SSSR count). The van der Waals surface area contributed by atoms with Gasteiger partial charge in [-0.3, -0.25) is 4.79 Å². The molecule has 0 unspecified atom stereocenters. The number of hydrogen-bond donors (Lipinski definition) is 0. The molecule has 0 N–H and O–H groups in total. The molecule has 1 saturated heterocycles. The van der Waals surface area contributed by atoms with Crippen molar-refractivity contribution in [1.82, 2.24) is 0 Å². The van der Waals surface area contributed by atoms with Gasteiger partial charge in [0.1, 0.15) is 0 Å². The summed E-state index contributed by atoms with van der Waals surface area (Å²) in [7, 11) is 1.45. The maximum Gasteiger partial charge on any atom is 0.313 e. The Morgan fingerprint density at radius 2 is 2.16 bits per heavy atom. The van der Waals surface area contributed by atoms with Gasteiger partial charge in [-0.1, -0.05) is 18.2 Å². The Morgan fingerprint density at radius 1 is 1.40 bits per heavy atom. The molecule has 0 amide bonds. The topological polar surface area (TPSA) is 62.6 Å². The summed E-state index contributed by atoms with van der Waals surface area (Å²) in [6.45, 7) is 3.15. The molecule has 25 heavy (non-hydrogen) atoms. The summed E-state index contributed by atoms with van der Waals surface area (Å²) in [4.78, 5) is 14.4. The van der Waals surface area contributed by atoms with E-state index in [-0.39, 0.29) is 17.3 Å². The SMILES string of the molecule is COC(=O)[C@H]1CCN(CCCC2(C#N)CCOCC2)c2ccccc21. The molecule has 2 aliphatic heterocycles. The van der Waals surface area contributed by atoms with E-state index in [1.807, 2.05) is 18.2 Å². The van der Waals surface area contributed by atoms with Crippen LogP contribution in [0.25, 0.3) is 0 Å². The number of methoxy groups -OCH3 is 1. The van der Waals surface area contributed by atoms with Crippen LogP contribution in [0.1, 0.15) is 43.6 Å². The molecule has 134 valence electrons. The van der Waals surface area contributed by atoms with Crippen LogP contribution in [0.15, 0.2) is 24.3 Å². The maximum atomic E-state index is 12.0. The van der Waals surface area contributed by atoms with Crippen molar-refractivity contribution >= 4 is 11.7 Å². The van der Waals surface area contributed by atoms with Crippen molar-refractivity contribution in [2.75, 3.05) is 38.3 Å². The monoisotopic (exact) mass is 342 g/mol. The second kappa shape index (κ2) is 7.88. The quantitative estimate of drug-likeness (QED) is 0.769. The number of carbonyl (C=O) groups is 1. The normalized spacial score (nSPS) is 21.9. The minimum Gasteiger partial charge on any atom is -0.469 e. The molecule has 2 heterocycles. The van der Waals surface area contributed by atoms with Gasteiger partial charge in [-0.05, 0) is 43.7 Å². The van der Waals surface area contributed by atoms with E-state index < -0.39 is 0 Å². The van der Waals surface area contributed by atoms with E-state index in [9.17, 15) is 10.1 Å². The van der Waals surface area contributed by atoms with Gasteiger partial charge in [-0.25, -0.2) is 0 Å². The summed E-state index contributed by atoms with van der Waals surface area (Å²) in [5, 5.41) is 9.59. The van der Waals surface area contributed by atoms with Gasteiger partial charge in [0.05, 0.1) is 24.5 Å². The Morgan fingerprint density at radius 3 is 2.88 bits per heavy atom. The number of nitrogens with zero attached hydrogens (tertiary/aromatic N) is 2. The standard InChI is InChI=1S/C20H26N2O3/c1-24-19(23)17-7-12-22(18-6-3-2-5-16(17)18)11-4-8-20(15-21)9-13-25-14-10-20/h2-3,5-6,17H,4,7-14H2,1H3/t17-/m0/s1. The van der Waals surface area contributed by atoms with E-state index in [0.29, 0.717) is 13.2 Å². The molecular weight excluding hydrogens is 316 g/mol. The molecule has 1 aromatic rings. The highest BCUT2D eigenvalue weighted by Crippen LogP contribution is 2.38. The first-order chi connectivity index (χ1) is 12.2. The third-order valence-electron chi connectivity index (χ3n) is 5.60. The van der Waals surface area contributed by atoms with E-state index >= 15 is 0 Å². The van der Waals surface area contributed by atoms with Gasteiger partial charge in [0.2, 0.25) is 0 Å². The molecule has 0 aromatic heterocycles. The van der Waals surface area contributed by atoms with E-state index in [1.54, 1.807) is 0 Å². The van der Waals surface area contributed by atoms with Gasteiger partial charge in [0, 0.05) is 32.0 Å². The first-order valence-corrected chi connectivity index (χ1v) is 9.10. The molecule has 0 spiro atoms. The lowest BCUT2D eigenvalue weighted by Crippen LogP contribution is -2.35. The average Bonchev–Trinajstić information content (AvgIpc) is 2.68. The lowest BCUT2D eigenvalue weighted by atomic mass is 9.78. The summed E-state index contributed by atoms with van der Waals surface area (Å²) in [5.41, 5.74) is 1.96. The van der Waals surface area contributed by atoms with Crippen molar-refractivity contribution in [3.63, 3.8) is 0 Å². The molecule has 5 nitrogen and oxygen atoms in total. The Labute approximate surface area is 149 Å². The van der Waals surface area contributed by atoms with E-state index in [2.05, 4.69) is 17.0 Å². The van der Waals surface area contributed by atoms with E-state index in [1.165, 1.54) is 7.11 Å². The van der Waals surface area contributed by atoms with Crippen molar-refractivity contribution in [1.29, 1.82) is 5.26 Å². The summed E-state index contributed by atoms with van der Waals surface area (Å²) in [6, 6.07) is 10.6. The van der Waals surface area contributed by atoms with Crippen LogP contribution in [0.4, 0.5) is 5.69 Å². The Kier molecular flexibility index (Phi) is 5.60. The fourth-order valence-corrected chi connectivity index (χ4v) is 4.04. The molecule has 0 aliphatic carbocycles. The number of rotatable bonds is 5. The average molecular weight is 342 g/mol. The number of nitriles is 1. The highest BCUT2D eigenvalue weighted by Gasteiger charge is 2.33. The first-order valence-electron chi connectivity index (χ1n) is 9.10. The number of fused-ring (bicyclic) bond motifs is 1. The third-order valence-corrected chi connectivity index (χ3v) is 5.60. The number of carbonyl (C=O) groups excluding carboxylic acids is 1. The molecule has 0 radical (unpaired) electrons. The van der Waals surface area contributed by atoms with Crippen LogP contribution in [0, 0.1) is 16.7 Å². The van der Waals surface area contributed by atoms with Gasteiger partial charge >= 0.3 is 5.97 Å². The van der Waals surface area contributed by atoms with E-state index in [0.717, 1.165) is 56.4 Å². The Bertz CT molecular complexity index is 647. The number of esters is 1. The zero-order valence-electron chi connectivity index (χ0n) is 14.9. The second-order valence-electron chi connectivity index (χ2n) is 7.02. The van der Waals surface area contributed by atoms with Crippen molar-refractivity contribution in [2.24, 2.45) is 5.41 Å². The molecule has 0 saturated carbocycles. The van der Waals surface area contributed by atoms with Crippen molar-refractivity contribution in [3.8, 4) is 6.07 Å². The largest absolute Gasteiger partial charge is 0.469 e. The predicted octanol–water partition coefficient (Wildman–Crippen LogP) is 3.25. The van der Waals surface area contributed by atoms with Gasteiger partial charge in [-0.15, -0.1) is 0 Å². The van der Waals surface area contributed by atoms with Gasteiger partial charge in [0.25, 0.3) is 0 Å². The molecule has 0 bridgehead atoms. The van der Waals surface area contributed by atoms with Crippen LogP contribution in [-0.2, 0) is 14.3 Å². The lowest BCUT2D eigenvalue weighted by Gasteiger charge is -2.36. The fraction of sp³-hybridized carbons (Fsp3) is 0.600. The van der Waals surface area contributed by atoms with Crippen LogP contribution in [0.3, 0.4) is 0 Å². The second-order valence-corrected chi connectivity index (χ2v) is 7.02. The summed E-state index contributed by atoms with van der Waals surface area (Å²) in [6.07, 6.45) is 4.34. The van der Waals surface area contributed by atoms with Gasteiger partial charge in [-0.2, -0.15) is 5.26 Å². The minimum atomic E-state index is -0.220. The number of para-hydroxylation sites is 1. The molecule has 2 aliphatic rings. The lowest BCUT2D eigenvalue weighted by molar-refractivity contribution is -0.142. The Balaban J connectivity index is 1.65. The Hall–Kier alpha value is -2.06. The number of ether oxygens (including phenoxy) is 2. The molecule has 5 heteroatoms. The zero-order chi connectivity index (χ0) is 17.7.